The van der Waals surface area contributed by atoms with Gasteiger partial charge >= 0.3 is 6.09 Å². The topological polar surface area (TPSA) is 88.0 Å². The van der Waals surface area contributed by atoms with Gasteiger partial charge in [0, 0.05) is 0 Å². The third-order valence-corrected chi connectivity index (χ3v) is 21.4. The van der Waals surface area contributed by atoms with Gasteiger partial charge in [-0.25, -0.2) is 4.79 Å². The smallest absolute Gasteiger partial charge is 0.408 e. The van der Waals surface area contributed by atoms with Crippen LogP contribution in [0.1, 0.15) is 136 Å². The van der Waals surface area contributed by atoms with Crippen molar-refractivity contribution in [3.05, 3.63) is 0 Å². The van der Waals surface area contributed by atoms with Gasteiger partial charge in [0.25, 0.3) is 0 Å². The molecule has 0 saturated carbocycles. The van der Waals surface area contributed by atoms with Gasteiger partial charge in [0.2, 0.25) is 0 Å². The van der Waals surface area contributed by atoms with Crippen LogP contribution >= 0.6 is 0 Å². The molecule has 2 atom stereocenters. The lowest BCUT2D eigenvalue weighted by Crippen LogP contribution is -2.59. The van der Waals surface area contributed by atoms with Crippen LogP contribution in [-0.4, -0.2) is 57.3 Å². The number of ether oxygens (including phenoxy) is 1. The molecule has 1 amide bonds. The van der Waals surface area contributed by atoms with Crippen molar-refractivity contribution >= 4 is 22.7 Å². The molecule has 0 saturated heterocycles. The molecule has 0 bridgehead atoms. The number of nitrogens with one attached hydrogen (secondary N) is 1. The summed E-state index contributed by atoms with van der Waals surface area (Å²) in [5.41, 5.74) is -0.936. The Kier molecular flexibility index (Phi) is 16.2. The molecule has 0 aliphatic heterocycles. The summed E-state index contributed by atoms with van der Waals surface area (Å²) < 4.78 is 12.5. The van der Waals surface area contributed by atoms with Crippen molar-refractivity contribution in [2.75, 3.05) is 13.2 Å². The Hall–Kier alpha value is -0.416. The highest BCUT2D eigenvalue weighted by molar-refractivity contribution is 6.88. The molecule has 2 unspecified atom stereocenters. The SMILES string of the molecule is CC(C)(C)C[Si](C)(O[Si](C)(CC(C)(C)C)C(C)(C)C)C(C)(C)C.CCCCCC(CO)(CO)NC(=O)OC(C)(C)C. The standard InChI is InChI=1S/C20H46OSi2.C13H27NO4/c1-17(2,3)15-22(13,19(7,8)9)21-23(14,20(10,11)12)16-18(4,5)6;1-5-6-7-8-13(9-15,10-16)14-11(17)18-12(2,3)4/h15-16H2,1-14H3;15-16H,5-10H2,1-4H3,(H,14,17). The number of carbonyl (C=O) groups excluding carboxylic acids is 1. The predicted octanol–water partition coefficient (Wildman–Crippen LogP) is 9.66. The van der Waals surface area contributed by atoms with Crippen LogP contribution in [0.5, 0.6) is 0 Å². The molecular weight excluding hydrogens is 547 g/mol. The molecule has 0 spiro atoms. The normalized spacial score (nSPS) is 16.7. The fourth-order valence-corrected chi connectivity index (χ4v) is 17.1. The van der Waals surface area contributed by atoms with Gasteiger partial charge in [-0.3, -0.25) is 0 Å². The fraction of sp³-hybridized carbons (Fsp3) is 0.970. The molecule has 0 rings (SSSR count). The maximum absolute atomic E-state index is 11.7. The van der Waals surface area contributed by atoms with Crippen LogP contribution in [0.2, 0.25) is 35.3 Å². The van der Waals surface area contributed by atoms with Crippen LogP contribution in [0.25, 0.3) is 0 Å². The summed E-state index contributed by atoms with van der Waals surface area (Å²) in [5, 5.41) is 21.9. The molecule has 0 fully saturated rings. The Morgan fingerprint density at radius 2 is 1.05 bits per heavy atom. The summed E-state index contributed by atoms with van der Waals surface area (Å²) >= 11 is 0. The first-order valence-electron chi connectivity index (χ1n) is 15.8. The third kappa shape index (κ3) is 16.9. The first-order valence-corrected chi connectivity index (χ1v) is 21.1. The third-order valence-electron chi connectivity index (χ3n) is 7.99. The van der Waals surface area contributed by atoms with Crippen molar-refractivity contribution in [3.8, 4) is 0 Å². The first-order chi connectivity index (χ1) is 17.9. The van der Waals surface area contributed by atoms with Crippen molar-refractivity contribution < 1.29 is 23.9 Å². The second-order valence-corrected chi connectivity index (χ2v) is 27.7. The minimum atomic E-state index is -1.87. The van der Waals surface area contributed by atoms with Crippen LogP contribution in [0, 0.1) is 10.8 Å². The Labute approximate surface area is 258 Å². The molecule has 248 valence electrons. The van der Waals surface area contributed by atoms with E-state index in [1.807, 2.05) is 0 Å². The number of amides is 1. The van der Waals surface area contributed by atoms with E-state index in [9.17, 15) is 15.0 Å². The van der Waals surface area contributed by atoms with Gasteiger partial charge in [-0.15, -0.1) is 0 Å². The van der Waals surface area contributed by atoms with E-state index in [2.05, 4.69) is 108 Å². The minimum Gasteiger partial charge on any atom is -0.454 e. The Morgan fingerprint density at radius 1 is 0.683 bits per heavy atom. The molecule has 0 aromatic carbocycles. The lowest BCUT2D eigenvalue weighted by atomic mass is 9.94. The van der Waals surface area contributed by atoms with E-state index >= 15 is 0 Å². The fourth-order valence-electron chi connectivity index (χ4n) is 5.01. The van der Waals surface area contributed by atoms with Crippen LogP contribution in [0.4, 0.5) is 4.79 Å². The molecule has 0 aromatic rings. The zero-order chi connectivity index (χ0) is 33.4. The predicted molar refractivity (Wildman–Crippen MR) is 183 cm³/mol. The average molecular weight is 620 g/mol. The molecule has 0 radical (unpaired) electrons. The molecule has 8 heteroatoms. The highest BCUT2D eigenvalue weighted by Crippen LogP contribution is 2.52. The van der Waals surface area contributed by atoms with E-state index in [1.165, 1.54) is 12.1 Å². The highest BCUT2D eigenvalue weighted by atomic mass is 28.4. The summed E-state index contributed by atoms with van der Waals surface area (Å²) in [5.74, 6) is 0. The maximum Gasteiger partial charge on any atom is 0.408 e. The quantitative estimate of drug-likeness (QED) is 0.158. The first kappa shape index (κ1) is 42.7. The summed E-state index contributed by atoms with van der Waals surface area (Å²) in [7, 11) is -3.74. The molecule has 0 aromatic heterocycles. The number of unbranched alkanes of at least 4 members (excludes halogenated alkanes) is 2. The molecule has 6 nitrogen and oxygen atoms in total. The van der Waals surface area contributed by atoms with Crippen LogP contribution < -0.4 is 5.32 Å². The van der Waals surface area contributed by atoms with Gasteiger partial charge < -0.3 is 24.4 Å². The number of aliphatic hydroxyl groups excluding tert-OH is 2. The average Bonchev–Trinajstić information content (AvgIpc) is 2.67. The number of rotatable bonds is 11. The zero-order valence-corrected chi connectivity index (χ0v) is 32.8. The Bertz CT molecular complexity index is 727. The maximum atomic E-state index is 11.7. The second kappa shape index (κ2) is 15.5. The molecule has 0 aliphatic carbocycles. The lowest BCUT2D eigenvalue weighted by molar-refractivity contribution is 0.0270. The Morgan fingerprint density at radius 3 is 1.29 bits per heavy atom. The molecule has 0 aliphatic rings. The summed E-state index contributed by atoms with van der Waals surface area (Å²) in [4.78, 5) is 11.7. The van der Waals surface area contributed by atoms with Crippen molar-refractivity contribution in [3.63, 3.8) is 0 Å². The highest BCUT2D eigenvalue weighted by Gasteiger charge is 2.53. The van der Waals surface area contributed by atoms with E-state index in [-0.39, 0.29) is 23.3 Å². The minimum absolute atomic E-state index is 0.262. The van der Waals surface area contributed by atoms with E-state index in [0.717, 1.165) is 19.3 Å². The molecule has 0 heterocycles. The lowest BCUT2D eigenvalue weighted by Gasteiger charge is -2.53. The van der Waals surface area contributed by atoms with Crippen LogP contribution in [-0.2, 0) is 8.85 Å². The summed E-state index contributed by atoms with van der Waals surface area (Å²) in [6, 6.07) is 2.46. The van der Waals surface area contributed by atoms with E-state index in [4.69, 9.17) is 8.85 Å². The van der Waals surface area contributed by atoms with Crippen LogP contribution in [0.3, 0.4) is 0 Å². The number of hydrogen-bond donors (Lipinski definition) is 3. The van der Waals surface area contributed by atoms with Crippen LogP contribution in [0.15, 0.2) is 0 Å². The number of hydrogen-bond acceptors (Lipinski definition) is 5. The van der Waals surface area contributed by atoms with E-state index in [1.54, 1.807) is 20.8 Å². The van der Waals surface area contributed by atoms with Gasteiger partial charge in [0.15, 0.2) is 16.6 Å². The van der Waals surface area contributed by atoms with Gasteiger partial charge in [-0.05, 0) is 73.3 Å². The summed E-state index contributed by atoms with van der Waals surface area (Å²) in [6.45, 7) is 40.4. The monoisotopic (exact) mass is 620 g/mol. The van der Waals surface area contributed by atoms with E-state index < -0.39 is 33.9 Å². The molecular formula is C33H73NO5Si2. The summed E-state index contributed by atoms with van der Waals surface area (Å²) in [6.07, 6.45) is 2.81. The number of alkyl carbamates (subject to hydrolysis) is 1. The van der Waals surface area contributed by atoms with Crippen molar-refractivity contribution in [2.45, 2.75) is 183 Å². The molecule has 3 N–H and O–H groups in total. The zero-order valence-electron chi connectivity index (χ0n) is 30.8. The van der Waals surface area contributed by atoms with Gasteiger partial charge in [-0.1, -0.05) is 109 Å². The number of carbonyl (C=O) groups is 1. The van der Waals surface area contributed by atoms with Gasteiger partial charge in [0.1, 0.15) is 5.60 Å². The second-order valence-electron chi connectivity index (χ2n) is 18.2. The van der Waals surface area contributed by atoms with Gasteiger partial charge in [-0.2, -0.15) is 0 Å². The largest absolute Gasteiger partial charge is 0.454 e. The molecule has 41 heavy (non-hydrogen) atoms. The van der Waals surface area contributed by atoms with Gasteiger partial charge in [0.05, 0.1) is 18.8 Å². The van der Waals surface area contributed by atoms with Crippen molar-refractivity contribution in [2.24, 2.45) is 10.8 Å². The van der Waals surface area contributed by atoms with E-state index in [0.29, 0.717) is 17.3 Å². The van der Waals surface area contributed by atoms with Crippen molar-refractivity contribution in [1.29, 1.82) is 0 Å². The number of aliphatic hydroxyl groups is 2. The van der Waals surface area contributed by atoms with Crippen molar-refractivity contribution in [1.82, 2.24) is 5.32 Å². The Balaban J connectivity index is 0.